The minimum Gasteiger partial charge on any atom is -0.352 e. The Labute approximate surface area is 205 Å². The van der Waals surface area contributed by atoms with Crippen LogP contribution in [0, 0.1) is 11.8 Å². The molecule has 3 atom stereocenters. The molecule has 1 N–H and O–H groups in total. The standard InChI is InChI=1S/C24H32Cl2N4OS/c1-15-7-6-10-21(16(15)2)27-22(31)14-32-24-29-28-23(19-12-11-17(25)13-20(19)26)30(24)18-8-4-3-5-9-18/h11-13,15-16,18,21H,3-10,14H2,1-2H3,(H,27,31). The van der Waals surface area contributed by atoms with Gasteiger partial charge in [0.1, 0.15) is 0 Å². The first-order chi connectivity index (χ1) is 15.4. The van der Waals surface area contributed by atoms with Gasteiger partial charge in [-0.05, 0) is 49.3 Å². The number of rotatable bonds is 6. The predicted molar refractivity (Wildman–Crippen MR) is 132 cm³/mol. The summed E-state index contributed by atoms with van der Waals surface area (Å²) in [6.45, 7) is 4.54. The van der Waals surface area contributed by atoms with Gasteiger partial charge in [0.05, 0.1) is 10.8 Å². The van der Waals surface area contributed by atoms with Gasteiger partial charge in [0, 0.05) is 22.7 Å². The van der Waals surface area contributed by atoms with Gasteiger partial charge >= 0.3 is 0 Å². The molecule has 2 fully saturated rings. The van der Waals surface area contributed by atoms with Crippen LogP contribution < -0.4 is 5.32 Å². The van der Waals surface area contributed by atoms with Crippen LogP contribution in [0.15, 0.2) is 23.4 Å². The summed E-state index contributed by atoms with van der Waals surface area (Å²) in [7, 11) is 0. The van der Waals surface area contributed by atoms with E-state index in [4.69, 9.17) is 23.2 Å². The van der Waals surface area contributed by atoms with Crippen molar-refractivity contribution in [2.24, 2.45) is 11.8 Å². The summed E-state index contributed by atoms with van der Waals surface area (Å²) >= 11 is 14.1. The molecule has 8 heteroatoms. The van der Waals surface area contributed by atoms with E-state index in [0.717, 1.165) is 35.8 Å². The van der Waals surface area contributed by atoms with Gasteiger partial charge in [-0.25, -0.2) is 0 Å². The van der Waals surface area contributed by atoms with E-state index in [0.29, 0.717) is 33.7 Å². The number of amides is 1. The van der Waals surface area contributed by atoms with E-state index in [-0.39, 0.29) is 11.9 Å². The van der Waals surface area contributed by atoms with Crippen LogP contribution in [-0.2, 0) is 4.79 Å². The lowest BCUT2D eigenvalue weighted by Crippen LogP contribution is -2.44. The summed E-state index contributed by atoms with van der Waals surface area (Å²) in [4.78, 5) is 12.8. The molecule has 1 amide bonds. The molecular formula is C24H32Cl2N4OS. The normalized spacial score (nSPS) is 24.4. The molecule has 0 radical (unpaired) electrons. The molecule has 0 spiro atoms. The zero-order chi connectivity index (χ0) is 22.7. The van der Waals surface area contributed by atoms with E-state index < -0.39 is 0 Å². The van der Waals surface area contributed by atoms with Gasteiger partial charge in [0.25, 0.3) is 0 Å². The first-order valence-corrected chi connectivity index (χ1v) is 13.5. The van der Waals surface area contributed by atoms with Crippen LogP contribution in [0.4, 0.5) is 0 Å². The molecule has 174 valence electrons. The van der Waals surface area contributed by atoms with Crippen molar-refractivity contribution in [1.82, 2.24) is 20.1 Å². The van der Waals surface area contributed by atoms with Crippen LogP contribution in [0.1, 0.15) is 71.3 Å². The van der Waals surface area contributed by atoms with E-state index in [9.17, 15) is 4.79 Å². The lowest BCUT2D eigenvalue weighted by atomic mass is 9.78. The fourth-order valence-electron chi connectivity index (χ4n) is 5.06. The Hall–Kier alpha value is -1.24. The number of halogens is 2. The maximum Gasteiger partial charge on any atom is 0.230 e. The fraction of sp³-hybridized carbons (Fsp3) is 0.625. The van der Waals surface area contributed by atoms with E-state index in [1.54, 1.807) is 6.07 Å². The monoisotopic (exact) mass is 494 g/mol. The van der Waals surface area contributed by atoms with Crippen molar-refractivity contribution < 1.29 is 4.79 Å². The van der Waals surface area contributed by atoms with Crippen LogP contribution >= 0.6 is 35.0 Å². The summed E-state index contributed by atoms with van der Waals surface area (Å²) < 4.78 is 2.21. The fourth-order valence-corrected chi connectivity index (χ4v) is 6.37. The number of hydrogen-bond acceptors (Lipinski definition) is 4. The summed E-state index contributed by atoms with van der Waals surface area (Å²) in [6.07, 6.45) is 9.34. The highest BCUT2D eigenvalue weighted by Gasteiger charge is 2.29. The van der Waals surface area contributed by atoms with E-state index in [1.807, 2.05) is 12.1 Å². The van der Waals surface area contributed by atoms with E-state index in [2.05, 4.69) is 33.9 Å². The summed E-state index contributed by atoms with van der Waals surface area (Å²) in [5, 5.41) is 14.2. The molecule has 1 aromatic carbocycles. The van der Waals surface area contributed by atoms with Crippen LogP contribution in [0.3, 0.4) is 0 Å². The van der Waals surface area contributed by atoms with Crippen molar-refractivity contribution in [2.75, 3.05) is 5.75 Å². The molecule has 0 bridgehead atoms. The molecular weight excluding hydrogens is 463 g/mol. The minimum atomic E-state index is 0.0743. The summed E-state index contributed by atoms with van der Waals surface area (Å²) in [5.74, 6) is 2.35. The van der Waals surface area contributed by atoms with Gasteiger partial charge < -0.3 is 5.32 Å². The number of hydrogen-bond donors (Lipinski definition) is 1. The lowest BCUT2D eigenvalue weighted by molar-refractivity contribution is -0.120. The molecule has 2 saturated carbocycles. The molecule has 2 aromatic rings. The number of carbonyl (C=O) groups is 1. The smallest absolute Gasteiger partial charge is 0.230 e. The third kappa shape index (κ3) is 5.45. The molecule has 2 aliphatic carbocycles. The maximum atomic E-state index is 12.8. The number of carbonyl (C=O) groups excluding carboxylic acids is 1. The average molecular weight is 496 g/mol. The largest absolute Gasteiger partial charge is 0.352 e. The quantitative estimate of drug-likeness (QED) is 0.448. The third-order valence-electron chi connectivity index (χ3n) is 7.16. The Kier molecular flexibility index (Phi) is 8.06. The molecule has 0 aliphatic heterocycles. The zero-order valence-electron chi connectivity index (χ0n) is 18.8. The molecule has 3 unspecified atom stereocenters. The van der Waals surface area contributed by atoms with Gasteiger partial charge in [-0.15, -0.1) is 10.2 Å². The lowest BCUT2D eigenvalue weighted by Gasteiger charge is -2.34. The predicted octanol–water partition coefficient (Wildman–Crippen LogP) is 6.79. The molecule has 5 nitrogen and oxygen atoms in total. The second kappa shape index (κ2) is 10.8. The average Bonchev–Trinajstić information content (AvgIpc) is 3.20. The van der Waals surface area contributed by atoms with Gasteiger partial charge in [-0.1, -0.05) is 80.9 Å². The Balaban J connectivity index is 1.52. The van der Waals surface area contributed by atoms with E-state index >= 15 is 0 Å². The number of aromatic nitrogens is 3. The molecule has 1 aromatic heterocycles. The van der Waals surface area contributed by atoms with Crippen molar-refractivity contribution in [3.63, 3.8) is 0 Å². The van der Waals surface area contributed by atoms with Crippen molar-refractivity contribution in [3.05, 3.63) is 28.2 Å². The van der Waals surface area contributed by atoms with Crippen molar-refractivity contribution in [3.8, 4) is 11.4 Å². The second-order valence-electron chi connectivity index (χ2n) is 9.32. The van der Waals surface area contributed by atoms with Gasteiger partial charge in [0.2, 0.25) is 5.91 Å². The number of benzene rings is 1. The van der Waals surface area contributed by atoms with Crippen molar-refractivity contribution >= 4 is 40.9 Å². The van der Waals surface area contributed by atoms with Crippen LogP contribution in [0.25, 0.3) is 11.4 Å². The summed E-state index contributed by atoms with van der Waals surface area (Å²) in [5.41, 5.74) is 0.829. The number of nitrogens with zero attached hydrogens (tertiary/aromatic N) is 3. The minimum absolute atomic E-state index is 0.0743. The number of nitrogens with one attached hydrogen (secondary N) is 1. The van der Waals surface area contributed by atoms with Crippen LogP contribution in [0.5, 0.6) is 0 Å². The first kappa shape index (κ1) is 23.9. The SMILES string of the molecule is CC1CCCC(NC(=O)CSc2nnc(-c3ccc(Cl)cc3Cl)n2C2CCCCC2)C1C. The second-order valence-corrected chi connectivity index (χ2v) is 11.1. The van der Waals surface area contributed by atoms with Gasteiger partial charge in [-0.2, -0.15) is 0 Å². The maximum absolute atomic E-state index is 12.8. The Morgan fingerprint density at radius 1 is 1.09 bits per heavy atom. The zero-order valence-corrected chi connectivity index (χ0v) is 21.1. The molecule has 4 rings (SSSR count). The Morgan fingerprint density at radius 2 is 1.88 bits per heavy atom. The van der Waals surface area contributed by atoms with Crippen LogP contribution in [0.2, 0.25) is 10.0 Å². The van der Waals surface area contributed by atoms with Gasteiger partial charge in [-0.3, -0.25) is 9.36 Å². The topological polar surface area (TPSA) is 59.8 Å². The van der Waals surface area contributed by atoms with Crippen molar-refractivity contribution in [2.45, 2.75) is 82.5 Å². The highest BCUT2D eigenvalue weighted by molar-refractivity contribution is 7.99. The highest BCUT2D eigenvalue weighted by Crippen LogP contribution is 2.38. The first-order valence-electron chi connectivity index (χ1n) is 11.8. The molecule has 0 saturated heterocycles. The van der Waals surface area contributed by atoms with Crippen LogP contribution in [-0.4, -0.2) is 32.5 Å². The Bertz CT molecular complexity index is 944. The van der Waals surface area contributed by atoms with Gasteiger partial charge in [0.15, 0.2) is 11.0 Å². The van der Waals surface area contributed by atoms with E-state index in [1.165, 1.54) is 43.9 Å². The molecule has 1 heterocycles. The highest BCUT2D eigenvalue weighted by atomic mass is 35.5. The third-order valence-corrected chi connectivity index (χ3v) is 8.65. The Morgan fingerprint density at radius 3 is 2.62 bits per heavy atom. The molecule has 32 heavy (non-hydrogen) atoms. The molecule has 2 aliphatic rings. The summed E-state index contributed by atoms with van der Waals surface area (Å²) in [6, 6.07) is 6.07. The number of thioether (sulfide) groups is 1. The van der Waals surface area contributed by atoms with Crippen molar-refractivity contribution in [1.29, 1.82) is 0 Å².